The predicted molar refractivity (Wildman–Crippen MR) is 72.6 cm³/mol. The largest absolute Gasteiger partial charge is 0.460 e. The molecule has 2 aromatic carbocycles. The topological polar surface area (TPSA) is 26.0 Å². The molecule has 2 aromatic rings. The van der Waals surface area contributed by atoms with Crippen LogP contribution in [-0.4, -0.2) is 12.1 Å². The lowest BCUT2D eigenvalue weighted by atomic mass is 9.91. The maximum atomic E-state index is 14.1. The van der Waals surface area contributed by atoms with Gasteiger partial charge in [-0.3, -0.25) is 0 Å². The van der Waals surface area contributed by atoms with Gasteiger partial charge in [-0.05, 0) is 23.4 Å². The van der Waals surface area contributed by atoms with Crippen LogP contribution in [0.3, 0.4) is 0 Å². The SMILES string of the molecule is CCc1cc(C(F)(F)C(F)(F)C(F)(F)F)c2ccccc2c1N. The molecule has 1 nitrogen and oxygen atoms in total. The zero-order chi connectivity index (χ0) is 17.6. The Morgan fingerprint density at radius 1 is 0.913 bits per heavy atom. The van der Waals surface area contributed by atoms with Crippen LogP contribution in [0.15, 0.2) is 30.3 Å². The molecule has 0 aliphatic rings. The Balaban J connectivity index is 2.84. The molecule has 0 saturated carbocycles. The van der Waals surface area contributed by atoms with Crippen molar-refractivity contribution < 1.29 is 30.7 Å². The van der Waals surface area contributed by atoms with Gasteiger partial charge in [0, 0.05) is 16.6 Å². The lowest BCUT2D eigenvalue weighted by Gasteiger charge is -2.30. The van der Waals surface area contributed by atoms with Gasteiger partial charge in [0.15, 0.2) is 0 Å². The fourth-order valence-electron chi connectivity index (χ4n) is 2.35. The van der Waals surface area contributed by atoms with Gasteiger partial charge >= 0.3 is 18.0 Å². The Hall–Kier alpha value is -1.99. The molecule has 23 heavy (non-hydrogen) atoms. The molecule has 0 radical (unpaired) electrons. The van der Waals surface area contributed by atoms with Crippen LogP contribution in [0, 0.1) is 0 Å². The summed E-state index contributed by atoms with van der Waals surface area (Å²) in [7, 11) is 0. The third-order valence-electron chi connectivity index (χ3n) is 3.64. The van der Waals surface area contributed by atoms with Crippen LogP contribution < -0.4 is 5.73 Å². The number of hydrogen-bond donors (Lipinski definition) is 1. The van der Waals surface area contributed by atoms with Crippen LogP contribution >= 0.6 is 0 Å². The van der Waals surface area contributed by atoms with E-state index in [-0.39, 0.29) is 23.1 Å². The van der Waals surface area contributed by atoms with Gasteiger partial charge in [0.25, 0.3) is 0 Å². The van der Waals surface area contributed by atoms with Crippen molar-refractivity contribution in [3.05, 3.63) is 41.5 Å². The standard InChI is InChI=1S/C15H12F7N/c1-2-8-7-11(9-5-3-4-6-10(9)12(8)23)13(16,17)14(18,19)15(20,21)22/h3-7H,2,23H2,1H3. The molecule has 0 fully saturated rings. The van der Waals surface area contributed by atoms with E-state index < -0.39 is 29.0 Å². The predicted octanol–water partition coefficient (Wildman–Crippen LogP) is 5.27. The number of hydrogen-bond acceptors (Lipinski definition) is 1. The van der Waals surface area contributed by atoms with E-state index in [2.05, 4.69) is 0 Å². The van der Waals surface area contributed by atoms with Gasteiger partial charge in [0.05, 0.1) is 0 Å². The number of alkyl halides is 7. The minimum Gasteiger partial charge on any atom is -0.398 e. The first-order valence-corrected chi connectivity index (χ1v) is 6.58. The first kappa shape index (κ1) is 17.4. The van der Waals surface area contributed by atoms with Crippen molar-refractivity contribution in [2.24, 2.45) is 0 Å². The molecule has 0 aliphatic heterocycles. The van der Waals surface area contributed by atoms with Crippen molar-refractivity contribution in [2.75, 3.05) is 5.73 Å². The van der Waals surface area contributed by atoms with Crippen LogP contribution in [0.1, 0.15) is 18.1 Å². The molecule has 0 saturated heterocycles. The number of nitrogens with two attached hydrogens (primary N) is 1. The summed E-state index contributed by atoms with van der Waals surface area (Å²) < 4.78 is 92.2. The minimum atomic E-state index is -6.38. The number of rotatable bonds is 3. The van der Waals surface area contributed by atoms with E-state index >= 15 is 0 Å². The van der Waals surface area contributed by atoms with Crippen molar-refractivity contribution in [3.63, 3.8) is 0 Å². The maximum absolute atomic E-state index is 14.1. The van der Waals surface area contributed by atoms with E-state index in [4.69, 9.17) is 5.73 Å². The zero-order valence-electron chi connectivity index (χ0n) is 11.8. The molecule has 0 aliphatic carbocycles. The number of anilines is 1. The van der Waals surface area contributed by atoms with Crippen molar-refractivity contribution in [1.29, 1.82) is 0 Å². The van der Waals surface area contributed by atoms with Crippen molar-refractivity contribution in [1.82, 2.24) is 0 Å². The molecular weight excluding hydrogens is 327 g/mol. The molecular formula is C15H12F7N. The summed E-state index contributed by atoms with van der Waals surface area (Å²) in [4.78, 5) is 0. The monoisotopic (exact) mass is 339 g/mol. The van der Waals surface area contributed by atoms with Crippen molar-refractivity contribution >= 4 is 16.5 Å². The fraction of sp³-hybridized carbons (Fsp3) is 0.333. The van der Waals surface area contributed by atoms with Crippen molar-refractivity contribution in [3.8, 4) is 0 Å². The lowest BCUT2D eigenvalue weighted by molar-refractivity contribution is -0.359. The van der Waals surface area contributed by atoms with E-state index in [0.717, 1.165) is 6.07 Å². The van der Waals surface area contributed by atoms with Crippen LogP contribution in [0.25, 0.3) is 10.8 Å². The number of aryl methyl sites for hydroxylation is 1. The van der Waals surface area contributed by atoms with E-state index in [0.29, 0.717) is 6.07 Å². The molecule has 0 aromatic heterocycles. The zero-order valence-corrected chi connectivity index (χ0v) is 11.8. The molecule has 0 amide bonds. The summed E-state index contributed by atoms with van der Waals surface area (Å²) >= 11 is 0. The maximum Gasteiger partial charge on any atom is 0.460 e. The smallest absolute Gasteiger partial charge is 0.398 e. The highest BCUT2D eigenvalue weighted by Gasteiger charge is 2.73. The highest BCUT2D eigenvalue weighted by Crippen LogP contribution is 2.53. The van der Waals surface area contributed by atoms with Gasteiger partial charge in [-0.25, -0.2) is 0 Å². The van der Waals surface area contributed by atoms with Crippen LogP contribution in [0.5, 0.6) is 0 Å². The molecule has 0 heterocycles. The highest BCUT2D eigenvalue weighted by atomic mass is 19.4. The second-order valence-corrected chi connectivity index (χ2v) is 5.04. The summed E-state index contributed by atoms with van der Waals surface area (Å²) in [6, 6.07) is 5.66. The summed E-state index contributed by atoms with van der Waals surface area (Å²) in [6.07, 6.45) is -6.28. The van der Waals surface area contributed by atoms with E-state index in [1.165, 1.54) is 25.1 Å². The average Bonchev–Trinajstić information content (AvgIpc) is 2.46. The third-order valence-corrected chi connectivity index (χ3v) is 3.64. The van der Waals surface area contributed by atoms with Gasteiger partial charge in [-0.1, -0.05) is 31.2 Å². The Kier molecular flexibility index (Phi) is 3.99. The first-order chi connectivity index (χ1) is 10.4. The van der Waals surface area contributed by atoms with Crippen LogP contribution in [-0.2, 0) is 12.3 Å². The number of fused-ring (bicyclic) bond motifs is 1. The quantitative estimate of drug-likeness (QED) is 0.598. The molecule has 2 N–H and O–H groups in total. The van der Waals surface area contributed by atoms with E-state index in [1.54, 1.807) is 0 Å². The van der Waals surface area contributed by atoms with E-state index in [1.807, 2.05) is 0 Å². The highest BCUT2D eigenvalue weighted by molar-refractivity contribution is 5.97. The van der Waals surface area contributed by atoms with Gasteiger partial charge in [0.2, 0.25) is 0 Å². The Morgan fingerprint density at radius 2 is 1.43 bits per heavy atom. The van der Waals surface area contributed by atoms with Gasteiger partial charge in [0.1, 0.15) is 0 Å². The number of nitrogen functional groups attached to an aromatic ring is 1. The molecule has 0 spiro atoms. The molecule has 0 unspecified atom stereocenters. The Morgan fingerprint density at radius 3 is 1.91 bits per heavy atom. The van der Waals surface area contributed by atoms with Gasteiger partial charge in [-0.2, -0.15) is 30.7 Å². The van der Waals surface area contributed by atoms with Crippen LogP contribution in [0.4, 0.5) is 36.4 Å². The fourth-order valence-corrected chi connectivity index (χ4v) is 2.35. The first-order valence-electron chi connectivity index (χ1n) is 6.58. The summed E-state index contributed by atoms with van der Waals surface area (Å²) in [6.45, 7) is 1.53. The van der Waals surface area contributed by atoms with Gasteiger partial charge in [-0.15, -0.1) is 0 Å². The van der Waals surface area contributed by atoms with Gasteiger partial charge < -0.3 is 5.73 Å². The molecule has 126 valence electrons. The third kappa shape index (κ3) is 2.49. The summed E-state index contributed by atoms with van der Waals surface area (Å²) in [5.74, 6) is -11.6. The molecule has 0 bridgehead atoms. The molecule has 0 atom stereocenters. The second-order valence-electron chi connectivity index (χ2n) is 5.04. The Bertz CT molecular complexity index is 734. The number of benzene rings is 2. The normalized spacial score (nSPS) is 13.6. The molecule has 8 heteroatoms. The molecule has 2 rings (SSSR count). The average molecular weight is 339 g/mol. The second kappa shape index (κ2) is 5.28. The summed E-state index contributed by atoms with van der Waals surface area (Å²) in [5.41, 5.74) is 4.56. The Labute approximate surface area is 126 Å². The van der Waals surface area contributed by atoms with E-state index in [9.17, 15) is 30.7 Å². The lowest BCUT2D eigenvalue weighted by Crippen LogP contribution is -2.50. The minimum absolute atomic E-state index is 0.0134. The van der Waals surface area contributed by atoms with Crippen molar-refractivity contribution in [2.45, 2.75) is 31.4 Å². The summed E-state index contributed by atoms with van der Waals surface area (Å²) in [5, 5.41) is -0.421. The van der Waals surface area contributed by atoms with Crippen LogP contribution in [0.2, 0.25) is 0 Å². The number of halogens is 7.